The summed E-state index contributed by atoms with van der Waals surface area (Å²) in [6.07, 6.45) is 25.4. The average Bonchev–Trinajstić information content (AvgIpc) is 3.74. The maximum atomic E-state index is 12.7. The number of hydrogen-bond donors (Lipinski definition) is 0. The van der Waals surface area contributed by atoms with E-state index in [0.717, 1.165) is 70.6 Å². The van der Waals surface area contributed by atoms with Crippen LogP contribution in [-0.2, 0) is 47.5 Å². The Hall–Kier alpha value is -1.40. The molecule has 2 aliphatic heterocycles. The Morgan fingerprint density at radius 2 is 1.16 bits per heavy atom. The Labute approximate surface area is 310 Å². The predicted octanol–water partition coefficient (Wildman–Crippen LogP) is 9.15. The minimum atomic E-state index is -0.258. The van der Waals surface area contributed by atoms with Crippen molar-refractivity contribution in [1.82, 2.24) is 0 Å². The standard InChI is InChI=1S/C41H74O10/c1-6-7-8-9-10-11-12-13-14-18-24-37(48-31-45-4)39-26-27-40(51-39)38(49-32-46-5)25-20-19-22-35(42)21-16-15-17-23-36(47-30-44-3)29-34-28-33(2)50-41(34)43/h28,33,36-40H,6-27,29-32H2,1-5H3. The molecule has 0 aliphatic carbocycles. The predicted molar refractivity (Wildman–Crippen MR) is 199 cm³/mol. The van der Waals surface area contributed by atoms with E-state index < -0.39 is 0 Å². The van der Waals surface area contributed by atoms with Gasteiger partial charge in [-0.05, 0) is 57.9 Å². The Morgan fingerprint density at radius 3 is 1.69 bits per heavy atom. The third-order valence-corrected chi connectivity index (χ3v) is 10.1. The summed E-state index contributed by atoms with van der Waals surface area (Å²) >= 11 is 0. The zero-order chi connectivity index (χ0) is 36.9. The number of methoxy groups -OCH3 is 3. The first-order valence-corrected chi connectivity index (χ1v) is 20.3. The van der Waals surface area contributed by atoms with E-state index in [4.69, 9.17) is 37.9 Å². The highest BCUT2D eigenvalue weighted by atomic mass is 16.7. The van der Waals surface area contributed by atoms with Crippen molar-refractivity contribution >= 4 is 11.8 Å². The fourth-order valence-electron chi connectivity index (χ4n) is 7.23. The van der Waals surface area contributed by atoms with Crippen LogP contribution in [-0.4, -0.2) is 90.1 Å². The maximum Gasteiger partial charge on any atom is 0.334 e. The quantitative estimate of drug-likeness (QED) is 0.0356. The summed E-state index contributed by atoms with van der Waals surface area (Å²) in [6, 6.07) is 0. The van der Waals surface area contributed by atoms with Gasteiger partial charge in [-0.3, -0.25) is 4.79 Å². The van der Waals surface area contributed by atoms with Gasteiger partial charge in [0.25, 0.3) is 0 Å². The van der Waals surface area contributed by atoms with E-state index in [1.165, 1.54) is 57.8 Å². The largest absolute Gasteiger partial charge is 0.455 e. The molecule has 0 aromatic rings. The Bertz CT molecular complexity index is 911. The lowest BCUT2D eigenvalue weighted by molar-refractivity contribution is -0.159. The van der Waals surface area contributed by atoms with E-state index in [1.54, 1.807) is 21.3 Å². The van der Waals surface area contributed by atoms with Gasteiger partial charge in [0.05, 0.1) is 30.5 Å². The van der Waals surface area contributed by atoms with Crippen LogP contribution in [0.1, 0.15) is 162 Å². The first-order chi connectivity index (χ1) is 24.9. The molecule has 2 aliphatic rings. The van der Waals surface area contributed by atoms with E-state index >= 15 is 0 Å². The molecule has 0 N–H and O–H groups in total. The highest BCUT2D eigenvalue weighted by molar-refractivity contribution is 5.90. The van der Waals surface area contributed by atoms with Crippen molar-refractivity contribution < 1.29 is 47.5 Å². The van der Waals surface area contributed by atoms with Crippen LogP contribution in [0.4, 0.5) is 0 Å². The number of rotatable bonds is 35. The van der Waals surface area contributed by atoms with E-state index in [1.807, 2.05) is 13.0 Å². The Balaban J connectivity index is 1.65. The van der Waals surface area contributed by atoms with Crippen molar-refractivity contribution in [1.29, 1.82) is 0 Å². The highest BCUT2D eigenvalue weighted by Gasteiger charge is 2.36. The number of ether oxygens (including phenoxy) is 8. The van der Waals surface area contributed by atoms with Crippen LogP contribution in [0.15, 0.2) is 11.6 Å². The van der Waals surface area contributed by atoms with Gasteiger partial charge in [0.2, 0.25) is 0 Å². The van der Waals surface area contributed by atoms with Crippen LogP contribution in [0.25, 0.3) is 0 Å². The highest BCUT2D eigenvalue weighted by Crippen LogP contribution is 2.31. The molecule has 0 aromatic carbocycles. The summed E-state index contributed by atoms with van der Waals surface area (Å²) in [6.45, 7) is 4.83. The van der Waals surface area contributed by atoms with Gasteiger partial charge >= 0.3 is 5.97 Å². The summed E-state index contributed by atoms with van der Waals surface area (Å²) in [4.78, 5) is 24.7. The number of carbonyl (C=O) groups is 2. The van der Waals surface area contributed by atoms with Gasteiger partial charge in [0, 0.05) is 46.2 Å². The molecule has 51 heavy (non-hydrogen) atoms. The van der Waals surface area contributed by atoms with Crippen molar-refractivity contribution in [3.63, 3.8) is 0 Å². The van der Waals surface area contributed by atoms with Gasteiger partial charge in [0.15, 0.2) is 0 Å². The summed E-state index contributed by atoms with van der Waals surface area (Å²) in [5.41, 5.74) is 0.674. The Morgan fingerprint density at radius 1 is 0.686 bits per heavy atom. The number of ketones is 1. The van der Waals surface area contributed by atoms with Crippen molar-refractivity contribution in [2.75, 3.05) is 41.7 Å². The second kappa shape index (κ2) is 30.0. The van der Waals surface area contributed by atoms with Crippen LogP contribution in [0.5, 0.6) is 0 Å². The lowest BCUT2D eigenvalue weighted by Crippen LogP contribution is -2.34. The van der Waals surface area contributed by atoms with Gasteiger partial charge < -0.3 is 37.9 Å². The average molecular weight is 727 g/mol. The smallest absolute Gasteiger partial charge is 0.334 e. The topological polar surface area (TPSA) is 108 Å². The Kier molecular flexibility index (Phi) is 26.9. The molecule has 10 nitrogen and oxygen atoms in total. The van der Waals surface area contributed by atoms with Gasteiger partial charge in [-0.1, -0.05) is 90.4 Å². The molecule has 0 bridgehead atoms. The third kappa shape index (κ3) is 21.2. The lowest BCUT2D eigenvalue weighted by atomic mass is 9.99. The van der Waals surface area contributed by atoms with Gasteiger partial charge in [0.1, 0.15) is 32.3 Å². The molecule has 0 spiro atoms. The minimum Gasteiger partial charge on any atom is -0.455 e. The molecule has 6 unspecified atom stereocenters. The molecular formula is C41H74O10. The van der Waals surface area contributed by atoms with Crippen LogP contribution in [0.3, 0.4) is 0 Å². The summed E-state index contributed by atoms with van der Waals surface area (Å²) in [5, 5.41) is 0. The zero-order valence-electron chi connectivity index (χ0n) is 33.0. The molecular weight excluding hydrogens is 652 g/mol. The number of Topliss-reactive ketones (excluding diaryl/α,β-unsaturated/α-hetero) is 1. The number of esters is 1. The fourth-order valence-corrected chi connectivity index (χ4v) is 7.23. The lowest BCUT2D eigenvalue weighted by Gasteiger charge is -2.27. The number of carbonyl (C=O) groups excluding carboxylic acids is 2. The molecule has 6 atom stereocenters. The van der Waals surface area contributed by atoms with Crippen molar-refractivity contribution in [2.24, 2.45) is 0 Å². The monoisotopic (exact) mass is 727 g/mol. The number of cyclic esters (lactones) is 1. The molecule has 298 valence electrons. The molecule has 0 radical (unpaired) electrons. The normalized spacial score (nSPS) is 20.8. The second-order valence-electron chi connectivity index (χ2n) is 14.6. The van der Waals surface area contributed by atoms with Gasteiger partial charge in [-0.25, -0.2) is 4.79 Å². The molecule has 2 heterocycles. The molecule has 0 saturated carbocycles. The van der Waals surface area contributed by atoms with Gasteiger partial charge in [-0.15, -0.1) is 0 Å². The first-order valence-electron chi connectivity index (χ1n) is 20.3. The molecule has 1 fully saturated rings. The number of unbranched alkanes of at least 4 members (excludes halogenated alkanes) is 12. The van der Waals surface area contributed by atoms with Crippen LogP contribution >= 0.6 is 0 Å². The zero-order valence-corrected chi connectivity index (χ0v) is 33.0. The second-order valence-corrected chi connectivity index (χ2v) is 14.6. The van der Waals surface area contributed by atoms with E-state index in [9.17, 15) is 9.59 Å². The van der Waals surface area contributed by atoms with Gasteiger partial charge in [-0.2, -0.15) is 0 Å². The summed E-state index contributed by atoms with van der Waals surface area (Å²) < 4.78 is 45.4. The summed E-state index contributed by atoms with van der Waals surface area (Å²) in [7, 11) is 4.91. The van der Waals surface area contributed by atoms with E-state index in [-0.39, 0.29) is 63.0 Å². The molecule has 0 aromatic heterocycles. The van der Waals surface area contributed by atoms with Crippen molar-refractivity contribution in [3.05, 3.63) is 11.6 Å². The van der Waals surface area contributed by atoms with Crippen molar-refractivity contribution in [3.8, 4) is 0 Å². The summed E-state index contributed by atoms with van der Waals surface area (Å²) in [5.74, 6) is 0.0540. The minimum absolute atomic E-state index is 0.00194. The van der Waals surface area contributed by atoms with Crippen molar-refractivity contribution in [2.45, 2.75) is 198 Å². The molecule has 1 saturated heterocycles. The number of hydrogen-bond acceptors (Lipinski definition) is 10. The molecule has 0 amide bonds. The van der Waals surface area contributed by atoms with Crippen LogP contribution in [0.2, 0.25) is 0 Å². The van der Waals surface area contributed by atoms with E-state index in [0.29, 0.717) is 30.6 Å². The fraction of sp³-hybridized carbons (Fsp3) is 0.902. The van der Waals surface area contributed by atoms with Crippen LogP contribution < -0.4 is 0 Å². The first kappa shape index (κ1) is 45.8. The maximum absolute atomic E-state index is 12.7. The third-order valence-electron chi connectivity index (χ3n) is 10.1. The molecule has 10 heteroatoms. The van der Waals surface area contributed by atoms with Crippen LogP contribution in [0, 0.1) is 0 Å². The SMILES string of the molecule is CCCCCCCCCCCCC(OCOC)C1CCC(C(CCCCC(=O)CCCCCC(CC2=CC(C)OC2=O)OCOC)OCOC)O1. The van der Waals surface area contributed by atoms with E-state index in [2.05, 4.69) is 6.92 Å². The molecule has 2 rings (SSSR count).